The first-order chi connectivity index (χ1) is 11.3. The summed E-state index contributed by atoms with van der Waals surface area (Å²) in [7, 11) is 0. The third-order valence-corrected chi connectivity index (χ3v) is 4.96. The van der Waals surface area contributed by atoms with Gasteiger partial charge in [0.15, 0.2) is 0 Å². The summed E-state index contributed by atoms with van der Waals surface area (Å²) in [6.45, 7) is 2.17. The van der Waals surface area contributed by atoms with Gasteiger partial charge in [0, 0.05) is 26.5 Å². The lowest BCUT2D eigenvalue weighted by atomic mass is 9.95. The molecule has 1 aromatic heterocycles. The van der Waals surface area contributed by atoms with Gasteiger partial charge in [-0.3, -0.25) is 0 Å². The van der Waals surface area contributed by atoms with Crippen molar-refractivity contribution in [2.24, 2.45) is 0 Å². The SMILES string of the molecule is Cc1ccccc1-c1c(-c2ccccc2Br)[nH]c2ccccc12. The van der Waals surface area contributed by atoms with Crippen LogP contribution in [0.4, 0.5) is 0 Å². The normalized spacial score (nSPS) is 11.0. The quantitative estimate of drug-likeness (QED) is 0.415. The van der Waals surface area contributed by atoms with Gasteiger partial charge in [0.25, 0.3) is 0 Å². The van der Waals surface area contributed by atoms with Gasteiger partial charge in [-0.2, -0.15) is 0 Å². The summed E-state index contributed by atoms with van der Waals surface area (Å²) in [5, 5.41) is 1.26. The van der Waals surface area contributed by atoms with E-state index in [2.05, 4.69) is 94.6 Å². The Morgan fingerprint density at radius 2 is 1.39 bits per heavy atom. The molecular formula is C21H16BrN. The van der Waals surface area contributed by atoms with E-state index in [9.17, 15) is 0 Å². The van der Waals surface area contributed by atoms with Crippen molar-refractivity contribution >= 4 is 26.8 Å². The number of aryl methyl sites for hydroxylation is 1. The zero-order valence-electron chi connectivity index (χ0n) is 12.8. The van der Waals surface area contributed by atoms with Gasteiger partial charge in [-0.1, -0.05) is 76.6 Å². The third-order valence-electron chi connectivity index (χ3n) is 4.26. The van der Waals surface area contributed by atoms with Crippen LogP contribution >= 0.6 is 15.9 Å². The molecule has 0 radical (unpaired) electrons. The first-order valence-electron chi connectivity index (χ1n) is 7.67. The average molecular weight is 362 g/mol. The third kappa shape index (κ3) is 2.40. The predicted molar refractivity (Wildman–Crippen MR) is 102 cm³/mol. The van der Waals surface area contributed by atoms with E-state index < -0.39 is 0 Å². The van der Waals surface area contributed by atoms with E-state index in [1.807, 2.05) is 6.07 Å². The number of rotatable bonds is 2. The average Bonchev–Trinajstić information content (AvgIpc) is 2.95. The number of hydrogen-bond donors (Lipinski definition) is 1. The minimum absolute atomic E-state index is 1.10. The molecule has 112 valence electrons. The maximum Gasteiger partial charge on any atom is 0.0556 e. The lowest BCUT2D eigenvalue weighted by molar-refractivity contribution is 1.42. The number of H-pyrrole nitrogens is 1. The van der Waals surface area contributed by atoms with Crippen molar-refractivity contribution in [3.63, 3.8) is 0 Å². The molecule has 1 nitrogen and oxygen atoms in total. The van der Waals surface area contributed by atoms with Crippen molar-refractivity contribution < 1.29 is 0 Å². The largest absolute Gasteiger partial charge is 0.354 e. The van der Waals surface area contributed by atoms with Crippen LogP contribution in [0.2, 0.25) is 0 Å². The summed E-state index contributed by atoms with van der Waals surface area (Å²) in [6.07, 6.45) is 0. The zero-order chi connectivity index (χ0) is 15.8. The molecule has 1 N–H and O–H groups in total. The van der Waals surface area contributed by atoms with Gasteiger partial charge in [0.1, 0.15) is 0 Å². The van der Waals surface area contributed by atoms with Gasteiger partial charge in [-0.15, -0.1) is 0 Å². The van der Waals surface area contributed by atoms with Crippen LogP contribution in [0.15, 0.2) is 77.3 Å². The molecule has 0 amide bonds. The molecule has 0 saturated heterocycles. The molecule has 4 rings (SSSR count). The monoisotopic (exact) mass is 361 g/mol. The minimum atomic E-state index is 1.10. The van der Waals surface area contributed by atoms with Crippen LogP contribution in [0.3, 0.4) is 0 Å². The van der Waals surface area contributed by atoms with E-state index in [0.717, 1.165) is 15.7 Å². The highest BCUT2D eigenvalue weighted by molar-refractivity contribution is 9.10. The first kappa shape index (κ1) is 14.3. The fourth-order valence-corrected chi connectivity index (χ4v) is 3.62. The van der Waals surface area contributed by atoms with Gasteiger partial charge >= 0.3 is 0 Å². The number of benzene rings is 3. The summed E-state index contributed by atoms with van der Waals surface area (Å²) in [6, 6.07) is 25.4. The number of aromatic amines is 1. The Labute approximate surface area is 144 Å². The van der Waals surface area contributed by atoms with Gasteiger partial charge in [0.05, 0.1) is 5.69 Å². The molecule has 0 saturated carbocycles. The standard InChI is InChI=1S/C21H16BrN/c1-14-8-2-3-9-15(14)20-17-11-5-7-13-19(17)23-21(20)16-10-4-6-12-18(16)22/h2-13,23H,1H3. The van der Waals surface area contributed by atoms with Gasteiger partial charge < -0.3 is 4.98 Å². The van der Waals surface area contributed by atoms with Gasteiger partial charge in [0.2, 0.25) is 0 Å². The van der Waals surface area contributed by atoms with Crippen molar-refractivity contribution in [2.75, 3.05) is 0 Å². The van der Waals surface area contributed by atoms with Crippen LogP contribution in [-0.2, 0) is 0 Å². The molecule has 0 spiro atoms. The molecule has 0 aliphatic rings. The van der Waals surface area contributed by atoms with Gasteiger partial charge in [-0.05, 0) is 30.2 Å². The van der Waals surface area contributed by atoms with Crippen LogP contribution in [-0.4, -0.2) is 4.98 Å². The van der Waals surface area contributed by atoms with Crippen molar-refractivity contribution in [2.45, 2.75) is 6.92 Å². The molecule has 0 fully saturated rings. The zero-order valence-corrected chi connectivity index (χ0v) is 14.4. The Bertz CT molecular complexity index is 998. The number of aromatic nitrogens is 1. The highest BCUT2D eigenvalue weighted by atomic mass is 79.9. The second kappa shape index (κ2) is 5.71. The number of nitrogens with one attached hydrogen (secondary N) is 1. The summed E-state index contributed by atoms with van der Waals surface area (Å²) < 4.78 is 1.10. The maximum absolute atomic E-state index is 3.70. The van der Waals surface area contributed by atoms with Crippen LogP contribution < -0.4 is 0 Å². The Morgan fingerprint density at radius 1 is 0.739 bits per heavy atom. The lowest BCUT2D eigenvalue weighted by Gasteiger charge is -2.10. The number of halogens is 1. The number of hydrogen-bond acceptors (Lipinski definition) is 0. The second-order valence-electron chi connectivity index (χ2n) is 5.72. The summed E-state index contributed by atoms with van der Waals surface area (Å²) in [5.41, 5.74) is 7.33. The maximum atomic E-state index is 3.70. The highest BCUT2D eigenvalue weighted by Gasteiger charge is 2.17. The molecule has 0 bridgehead atoms. The highest BCUT2D eigenvalue weighted by Crippen LogP contribution is 2.41. The molecule has 0 unspecified atom stereocenters. The molecule has 1 heterocycles. The van der Waals surface area contributed by atoms with E-state index in [0.29, 0.717) is 0 Å². The Hall–Kier alpha value is -2.32. The minimum Gasteiger partial charge on any atom is -0.354 e. The first-order valence-corrected chi connectivity index (χ1v) is 8.46. The van der Waals surface area contributed by atoms with Crippen molar-refractivity contribution in [3.05, 3.63) is 82.8 Å². The summed E-state index contributed by atoms with van der Waals surface area (Å²) >= 11 is 3.70. The van der Waals surface area contributed by atoms with E-state index in [1.165, 1.54) is 27.6 Å². The van der Waals surface area contributed by atoms with Crippen LogP contribution in [0.25, 0.3) is 33.3 Å². The Morgan fingerprint density at radius 3 is 2.17 bits per heavy atom. The molecule has 23 heavy (non-hydrogen) atoms. The predicted octanol–water partition coefficient (Wildman–Crippen LogP) is 6.57. The topological polar surface area (TPSA) is 15.8 Å². The van der Waals surface area contributed by atoms with Crippen molar-refractivity contribution in [1.82, 2.24) is 4.98 Å². The molecule has 3 aromatic carbocycles. The van der Waals surface area contributed by atoms with E-state index in [-0.39, 0.29) is 0 Å². The summed E-state index contributed by atoms with van der Waals surface area (Å²) in [5.74, 6) is 0. The number of fused-ring (bicyclic) bond motifs is 1. The fraction of sp³-hybridized carbons (Fsp3) is 0.0476. The molecule has 4 aromatic rings. The van der Waals surface area contributed by atoms with Crippen LogP contribution in [0.5, 0.6) is 0 Å². The molecule has 0 aliphatic carbocycles. The van der Waals surface area contributed by atoms with Crippen molar-refractivity contribution in [1.29, 1.82) is 0 Å². The molecular weight excluding hydrogens is 346 g/mol. The van der Waals surface area contributed by atoms with E-state index in [4.69, 9.17) is 0 Å². The molecule has 2 heteroatoms. The molecule has 0 atom stereocenters. The lowest BCUT2D eigenvalue weighted by Crippen LogP contribution is -1.86. The smallest absolute Gasteiger partial charge is 0.0556 e. The van der Waals surface area contributed by atoms with Crippen LogP contribution in [0, 0.1) is 6.92 Å². The molecule has 0 aliphatic heterocycles. The van der Waals surface area contributed by atoms with E-state index in [1.54, 1.807) is 0 Å². The summed E-state index contributed by atoms with van der Waals surface area (Å²) in [4.78, 5) is 3.62. The Balaban J connectivity index is 2.12. The van der Waals surface area contributed by atoms with Crippen molar-refractivity contribution in [3.8, 4) is 22.4 Å². The van der Waals surface area contributed by atoms with Crippen LogP contribution in [0.1, 0.15) is 5.56 Å². The Kier molecular flexibility index (Phi) is 3.55. The van der Waals surface area contributed by atoms with E-state index >= 15 is 0 Å². The van der Waals surface area contributed by atoms with Gasteiger partial charge in [-0.25, -0.2) is 0 Å². The number of para-hydroxylation sites is 1. The second-order valence-corrected chi connectivity index (χ2v) is 6.57. The fourth-order valence-electron chi connectivity index (χ4n) is 3.14.